The Bertz CT molecular complexity index is 1540. The highest BCUT2D eigenvalue weighted by Gasteiger charge is 2.21. The van der Waals surface area contributed by atoms with E-state index in [0.717, 1.165) is 16.3 Å². The lowest BCUT2D eigenvalue weighted by atomic mass is 10.1. The van der Waals surface area contributed by atoms with Gasteiger partial charge in [-0.1, -0.05) is 35.5 Å². The molecule has 0 bridgehead atoms. The van der Waals surface area contributed by atoms with Gasteiger partial charge in [-0.25, -0.2) is 14.3 Å². The van der Waals surface area contributed by atoms with E-state index < -0.39 is 17.3 Å². The molecular formula is C24H20N4O4. The van der Waals surface area contributed by atoms with Gasteiger partial charge in [-0.05, 0) is 39.0 Å². The summed E-state index contributed by atoms with van der Waals surface area (Å²) in [5.41, 5.74) is 1.92. The predicted octanol–water partition coefficient (Wildman–Crippen LogP) is 4.78. The third-order valence-electron chi connectivity index (χ3n) is 4.94. The zero-order valence-electron chi connectivity index (χ0n) is 17.8. The monoisotopic (exact) mass is 428 g/mol. The van der Waals surface area contributed by atoms with Crippen LogP contribution >= 0.6 is 0 Å². The molecule has 8 heteroatoms. The number of carbonyl (C=O) groups excluding carboxylic acids is 1. The van der Waals surface area contributed by atoms with Crippen LogP contribution in [0.3, 0.4) is 0 Å². The molecule has 32 heavy (non-hydrogen) atoms. The predicted molar refractivity (Wildman–Crippen MR) is 120 cm³/mol. The van der Waals surface area contributed by atoms with Crippen LogP contribution in [-0.2, 0) is 4.74 Å². The summed E-state index contributed by atoms with van der Waals surface area (Å²) in [6.45, 7) is 5.48. The van der Waals surface area contributed by atoms with Crippen LogP contribution in [-0.4, -0.2) is 31.3 Å². The number of fused-ring (bicyclic) bond motifs is 2. The highest BCUT2D eigenvalue weighted by molar-refractivity contribution is 5.99. The fourth-order valence-electron chi connectivity index (χ4n) is 3.63. The molecule has 0 amide bonds. The average molecular weight is 428 g/mol. The van der Waals surface area contributed by atoms with Crippen molar-refractivity contribution in [1.82, 2.24) is 19.6 Å². The van der Waals surface area contributed by atoms with Gasteiger partial charge in [0.25, 0.3) is 0 Å². The molecule has 0 aliphatic heterocycles. The summed E-state index contributed by atoms with van der Waals surface area (Å²) >= 11 is 0. The molecule has 5 rings (SSSR count). The molecule has 0 unspecified atom stereocenters. The summed E-state index contributed by atoms with van der Waals surface area (Å²) in [6, 6.07) is 16.1. The number of para-hydroxylation sites is 2. The van der Waals surface area contributed by atoms with Gasteiger partial charge in [0.1, 0.15) is 17.0 Å². The topological polar surface area (TPSA) is 92.2 Å². The standard InChI is InChI=1S/C24H20N4O4/c1-24(2,3)32-23(30)27-13-12-15-6-4-8-17(21(15)27)18-14-28(26-25-18)19-9-5-7-16-10-11-20(29)31-22(16)19/h4-14H,1-3H3. The van der Waals surface area contributed by atoms with Crippen LogP contribution in [0.25, 0.3) is 38.8 Å². The molecule has 0 N–H and O–H groups in total. The first-order chi connectivity index (χ1) is 15.3. The van der Waals surface area contributed by atoms with E-state index in [0.29, 0.717) is 22.5 Å². The van der Waals surface area contributed by atoms with Gasteiger partial charge in [-0.3, -0.25) is 4.57 Å². The molecule has 0 saturated carbocycles. The number of benzene rings is 2. The molecule has 0 fully saturated rings. The van der Waals surface area contributed by atoms with Crippen LogP contribution < -0.4 is 5.63 Å². The Labute approximate surface area is 182 Å². The van der Waals surface area contributed by atoms with Crippen molar-refractivity contribution in [2.45, 2.75) is 26.4 Å². The zero-order valence-corrected chi connectivity index (χ0v) is 17.8. The van der Waals surface area contributed by atoms with E-state index in [1.807, 2.05) is 57.2 Å². The summed E-state index contributed by atoms with van der Waals surface area (Å²) in [7, 11) is 0. The smallest absolute Gasteiger partial charge is 0.419 e. The maximum absolute atomic E-state index is 12.8. The van der Waals surface area contributed by atoms with Crippen LogP contribution in [0, 0.1) is 0 Å². The summed E-state index contributed by atoms with van der Waals surface area (Å²) < 4.78 is 14.0. The molecular weight excluding hydrogens is 408 g/mol. The van der Waals surface area contributed by atoms with Gasteiger partial charge >= 0.3 is 11.7 Å². The lowest BCUT2D eigenvalue weighted by Crippen LogP contribution is -2.26. The van der Waals surface area contributed by atoms with E-state index in [2.05, 4.69) is 10.3 Å². The average Bonchev–Trinajstić information content (AvgIpc) is 3.39. The van der Waals surface area contributed by atoms with Crippen molar-refractivity contribution in [2.75, 3.05) is 0 Å². The number of hydrogen-bond acceptors (Lipinski definition) is 6. The van der Waals surface area contributed by atoms with E-state index in [9.17, 15) is 9.59 Å². The SMILES string of the molecule is CC(C)(C)OC(=O)n1ccc2cccc(-c3cn(-c4cccc5ccc(=O)oc45)nn3)c21. The molecule has 3 aromatic heterocycles. The van der Waals surface area contributed by atoms with Gasteiger partial charge < -0.3 is 9.15 Å². The number of ether oxygens (including phenoxy) is 1. The minimum atomic E-state index is -0.621. The van der Waals surface area contributed by atoms with Crippen LogP contribution in [0.4, 0.5) is 4.79 Å². The Hall–Kier alpha value is -4.20. The molecule has 0 spiro atoms. The number of nitrogens with zero attached hydrogens (tertiary/aromatic N) is 4. The minimum absolute atomic E-state index is 0.423. The molecule has 160 valence electrons. The molecule has 5 aromatic rings. The Morgan fingerprint density at radius 3 is 2.59 bits per heavy atom. The van der Waals surface area contributed by atoms with Crippen molar-refractivity contribution in [3.05, 3.63) is 77.4 Å². The Balaban J connectivity index is 1.63. The van der Waals surface area contributed by atoms with Gasteiger partial charge in [-0.2, -0.15) is 0 Å². The number of hydrogen-bond donors (Lipinski definition) is 0. The quantitative estimate of drug-likeness (QED) is 0.376. The molecule has 0 aliphatic carbocycles. The van der Waals surface area contributed by atoms with Crippen molar-refractivity contribution in [2.24, 2.45) is 0 Å². The molecule has 2 aromatic carbocycles. The minimum Gasteiger partial charge on any atom is -0.443 e. The molecule has 0 atom stereocenters. The molecule has 8 nitrogen and oxygen atoms in total. The maximum atomic E-state index is 12.8. The van der Waals surface area contributed by atoms with Gasteiger partial charge in [0.05, 0.1) is 11.7 Å². The molecule has 3 heterocycles. The van der Waals surface area contributed by atoms with E-state index in [4.69, 9.17) is 9.15 Å². The van der Waals surface area contributed by atoms with E-state index >= 15 is 0 Å². The molecule has 0 radical (unpaired) electrons. The normalized spacial score (nSPS) is 11.8. The fraction of sp³-hybridized carbons (Fsp3) is 0.167. The largest absolute Gasteiger partial charge is 0.443 e. The van der Waals surface area contributed by atoms with Gasteiger partial charge in [0.15, 0.2) is 5.58 Å². The third kappa shape index (κ3) is 3.45. The second kappa shape index (κ2) is 7.19. The van der Waals surface area contributed by atoms with Crippen LogP contribution in [0.1, 0.15) is 20.8 Å². The lowest BCUT2D eigenvalue weighted by molar-refractivity contribution is 0.0544. The van der Waals surface area contributed by atoms with Crippen molar-refractivity contribution in [1.29, 1.82) is 0 Å². The summed E-state index contributed by atoms with van der Waals surface area (Å²) in [5.74, 6) is 0. The summed E-state index contributed by atoms with van der Waals surface area (Å²) in [6.07, 6.45) is 2.96. The van der Waals surface area contributed by atoms with E-state index in [-0.39, 0.29) is 0 Å². The number of rotatable bonds is 2. The highest BCUT2D eigenvalue weighted by atomic mass is 16.6. The lowest BCUT2D eigenvalue weighted by Gasteiger charge is -2.20. The highest BCUT2D eigenvalue weighted by Crippen LogP contribution is 2.30. The first-order valence-electron chi connectivity index (χ1n) is 10.1. The number of aromatic nitrogens is 4. The zero-order chi connectivity index (χ0) is 22.5. The van der Waals surface area contributed by atoms with Crippen molar-refractivity contribution in [3.8, 4) is 16.9 Å². The first kappa shape index (κ1) is 19.7. The second-order valence-electron chi connectivity index (χ2n) is 8.41. The van der Waals surface area contributed by atoms with Gasteiger partial charge in [-0.15, -0.1) is 5.10 Å². The fourth-order valence-corrected chi connectivity index (χ4v) is 3.63. The Morgan fingerprint density at radius 1 is 1.00 bits per heavy atom. The molecule has 0 aliphatic rings. The van der Waals surface area contributed by atoms with Gasteiger partial charge in [0, 0.05) is 28.6 Å². The maximum Gasteiger partial charge on any atom is 0.419 e. The van der Waals surface area contributed by atoms with Gasteiger partial charge in [0.2, 0.25) is 0 Å². The van der Waals surface area contributed by atoms with Crippen LogP contribution in [0.2, 0.25) is 0 Å². The van der Waals surface area contributed by atoms with Crippen molar-refractivity contribution in [3.63, 3.8) is 0 Å². The second-order valence-corrected chi connectivity index (χ2v) is 8.41. The Kier molecular flexibility index (Phi) is 4.44. The third-order valence-corrected chi connectivity index (χ3v) is 4.94. The summed E-state index contributed by atoms with van der Waals surface area (Å²) in [5, 5.41) is 10.2. The first-order valence-corrected chi connectivity index (χ1v) is 10.1. The van der Waals surface area contributed by atoms with E-state index in [1.165, 1.54) is 10.6 Å². The van der Waals surface area contributed by atoms with Crippen molar-refractivity contribution >= 4 is 28.0 Å². The van der Waals surface area contributed by atoms with Crippen LogP contribution in [0.15, 0.2) is 76.2 Å². The van der Waals surface area contributed by atoms with Crippen LogP contribution in [0.5, 0.6) is 0 Å². The Morgan fingerprint density at radius 2 is 1.78 bits per heavy atom. The molecule has 0 saturated heterocycles. The summed E-state index contributed by atoms with van der Waals surface area (Å²) in [4.78, 5) is 24.5. The number of carbonyl (C=O) groups is 1. The van der Waals surface area contributed by atoms with Crippen molar-refractivity contribution < 1.29 is 13.9 Å². The van der Waals surface area contributed by atoms with E-state index in [1.54, 1.807) is 29.2 Å².